The predicted molar refractivity (Wildman–Crippen MR) is 101 cm³/mol. The van der Waals surface area contributed by atoms with Gasteiger partial charge < -0.3 is 5.32 Å². The Morgan fingerprint density at radius 3 is 2.58 bits per heavy atom. The molecule has 0 saturated heterocycles. The van der Waals surface area contributed by atoms with Crippen LogP contribution >= 0.6 is 0 Å². The lowest BCUT2D eigenvalue weighted by atomic mass is 10.2. The Labute approximate surface area is 154 Å². The van der Waals surface area contributed by atoms with Gasteiger partial charge in [0, 0.05) is 12.3 Å². The van der Waals surface area contributed by atoms with E-state index < -0.39 is 15.9 Å². The second-order valence-electron chi connectivity index (χ2n) is 6.29. The standard InChI is InChI=1S/C19H24N2O4S/c1-3-5-6-7-12-18(22)20-16-10-8-9-11-17(16)26(24,25)21-19(23)15-13-14(15)4-2/h3-4,8-11,14-15H,1-2,5-7,12-13H2,(H,20,22)(H,21,23)/t14-,15?/m0/s1. The molecule has 1 aromatic carbocycles. The molecule has 0 radical (unpaired) electrons. The minimum Gasteiger partial charge on any atom is -0.325 e. The molecule has 1 aliphatic carbocycles. The highest BCUT2D eigenvalue weighted by molar-refractivity contribution is 7.90. The van der Waals surface area contributed by atoms with E-state index in [1.54, 1.807) is 24.3 Å². The Morgan fingerprint density at radius 2 is 1.92 bits per heavy atom. The molecule has 0 spiro atoms. The number of nitrogens with one attached hydrogen (secondary N) is 2. The molecule has 6 nitrogen and oxygen atoms in total. The fraction of sp³-hybridized carbons (Fsp3) is 0.368. The molecular formula is C19H24N2O4S. The van der Waals surface area contributed by atoms with E-state index in [9.17, 15) is 18.0 Å². The number of amides is 2. The molecule has 0 bridgehead atoms. The van der Waals surface area contributed by atoms with Crippen LogP contribution in [0.5, 0.6) is 0 Å². The van der Waals surface area contributed by atoms with Gasteiger partial charge in [0.15, 0.2) is 0 Å². The van der Waals surface area contributed by atoms with E-state index in [1.807, 2.05) is 0 Å². The van der Waals surface area contributed by atoms with E-state index in [-0.39, 0.29) is 34.7 Å². The van der Waals surface area contributed by atoms with E-state index in [0.29, 0.717) is 12.8 Å². The third-order valence-corrected chi connectivity index (χ3v) is 5.63. The lowest BCUT2D eigenvalue weighted by Crippen LogP contribution is -2.32. The van der Waals surface area contributed by atoms with Gasteiger partial charge in [0.25, 0.3) is 10.0 Å². The summed E-state index contributed by atoms with van der Waals surface area (Å²) in [6.45, 7) is 7.24. The van der Waals surface area contributed by atoms with Crippen molar-refractivity contribution in [1.29, 1.82) is 0 Å². The Kier molecular flexibility index (Phi) is 6.74. The van der Waals surface area contributed by atoms with Crippen molar-refractivity contribution in [1.82, 2.24) is 4.72 Å². The number of carbonyl (C=O) groups is 2. The summed E-state index contributed by atoms with van der Waals surface area (Å²) in [4.78, 5) is 24.0. The quantitative estimate of drug-likeness (QED) is 0.485. The van der Waals surface area contributed by atoms with Crippen molar-refractivity contribution in [2.45, 2.75) is 37.0 Å². The molecule has 1 saturated carbocycles. The number of rotatable bonds is 10. The number of hydrogen-bond acceptors (Lipinski definition) is 4. The molecule has 7 heteroatoms. The van der Waals surface area contributed by atoms with Crippen LogP contribution in [0.15, 0.2) is 54.5 Å². The van der Waals surface area contributed by atoms with Gasteiger partial charge in [-0.2, -0.15) is 0 Å². The van der Waals surface area contributed by atoms with Gasteiger partial charge in [-0.25, -0.2) is 13.1 Å². The molecule has 0 aromatic heterocycles. The van der Waals surface area contributed by atoms with E-state index >= 15 is 0 Å². The average Bonchev–Trinajstić information content (AvgIpc) is 3.39. The second-order valence-corrected chi connectivity index (χ2v) is 7.94. The van der Waals surface area contributed by atoms with Crippen molar-refractivity contribution in [2.75, 3.05) is 5.32 Å². The summed E-state index contributed by atoms with van der Waals surface area (Å²) in [7, 11) is -4.06. The summed E-state index contributed by atoms with van der Waals surface area (Å²) in [5.74, 6) is -1.14. The van der Waals surface area contributed by atoms with Crippen molar-refractivity contribution in [2.24, 2.45) is 11.8 Å². The number of benzene rings is 1. The summed E-state index contributed by atoms with van der Waals surface area (Å²) in [6, 6.07) is 6.04. The Hall–Kier alpha value is -2.41. The maximum Gasteiger partial charge on any atom is 0.266 e. The molecule has 1 fully saturated rings. The Morgan fingerprint density at radius 1 is 1.19 bits per heavy atom. The van der Waals surface area contributed by atoms with Crippen molar-refractivity contribution in [3.63, 3.8) is 0 Å². The zero-order valence-electron chi connectivity index (χ0n) is 14.6. The zero-order chi connectivity index (χ0) is 19.2. The molecular weight excluding hydrogens is 352 g/mol. The number of allylic oxidation sites excluding steroid dienone is 2. The first kappa shape index (κ1) is 19.9. The molecule has 2 atom stereocenters. The molecule has 0 aliphatic heterocycles. The third-order valence-electron chi connectivity index (χ3n) is 4.23. The summed E-state index contributed by atoms with van der Waals surface area (Å²) in [5.41, 5.74) is 0.164. The normalized spacial score (nSPS) is 18.6. The molecule has 2 N–H and O–H groups in total. The van der Waals surface area contributed by atoms with E-state index in [4.69, 9.17) is 0 Å². The molecule has 2 amide bonds. The highest BCUT2D eigenvalue weighted by Crippen LogP contribution is 2.39. The molecule has 1 unspecified atom stereocenters. The van der Waals surface area contributed by atoms with Crippen LogP contribution in [0.2, 0.25) is 0 Å². The SMILES string of the molecule is C=CCCCCC(=O)Nc1ccccc1S(=O)(=O)NC(=O)C1C[C@@H]1C=C. The van der Waals surface area contributed by atoms with Gasteiger partial charge in [-0.3, -0.25) is 9.59 Å². The predicted octanol–water partition coefficient (Wildman–Crippen LogP) is 3.00. The van der Waals surface area contributed by atoms with Crippen molar-refractivity contribution >= 4 is 27.5 Å². The lowest BCUT2D eigenvalue weighted by Gasteiger charge is -2.12. The third kappa shape index (κ3) is 5.29. The molecule has 1 aromatic rings. The van der Waals surface area contributed by atoms with Crippen molar-refractivity contribution < 1.29 is 18.0 Å². The number of unbranched alkanes of at least 4 members (excludes halogenated alkanes) is 2. The maximum absolute atomic E-state index is 12.6. The van der Waals surface area contributed by atoms with E-state index in [2.05, 4.69) is 23.2 Å². The van der Waals surface area contributed by atoms with Crippen molar-refractivity contribution in [3.05, 3.63) is 49.6 Å². The second kappa shape index (κ2) is 8.80. The van der Waals surface area contributed by atoms with E-state index in [1.165, 1.54) is 12.1 Å². The molecule has 2 rings (SSSR count). The molecule has 140 valence electrons. The summed E-state index contributed by atoms with van der Waals surface area (Å²) in [5, 5.41) is 2.62. The number of hydrogen-bond donors (Lipinski definition) is 2. The molecule has 26 heavy (non-hydrogen) atoms. The number of carbonyl (C=O) groups excluding carboxylic acids is 2. The largest absolute Gasteiger partial charge is 0.325 e. The van der Waals surface area contributed by atoms with Crippen LogP contribution in [0.1, 0.15) is 32.1 Å². The van der Waals surface area contributed by atoms with Crippen molar-refractivity contribution in [3.8, 4) is 0 Å². The highest BCUT2D eigenvalue weighted by atomic mass is 32.2. The maximum atomic E-state index is 12.6. The van der Waals surface area contributed by atoms with Crippen LogP contribution in [0.25, 0.3) is 0 Å². The van der Waals surface area contributed by atoms with Gasteiger partial charge in [-0.1, -0.05) is 24.3 Å². The van der Waals surface area contributed by atoms with Gasteiger partial charge in [-0.05, 0) is 43.7 Å². The molecule has 1 aliphatic rings. The minimum atomic E-state index is -4.06. The van der Waals surface area contributed by atoms with Gasteiger partial charge in [0.05, 0.1) is 5.69 Å². The van der Waals surface area contributed by atoms with Crippen LogP contribution in [0.3, 0.4) is 0 Å². The first-order valence-electron chi connectivity index (χ1n) is 8.58. The van der Waals surface area contributed by atoms with Crippen LogP contribution in [0, 0.1) is 11.8 Å². The van der Waals surface area contributed by atoms with Crippen LogP contribution < -0.4 is 10.0 Å². The topological polar surface area (TPSA) is 92.3 Å². The van der Waals surface area contributed by atoms with Crippen LogP contribution in [0.4, 0.5) is 5.69 Å². The fourth-order valence-electron chi connectivity index (χ4n) is 2.63. The van der Waals surface area contributed by atoms with Gasteiger partial charge in [-0.15, -0.1) is 13.2 Å². The van der Waals surface area contributed by atoms with Crippen LogP contribution in [-0.4, -0.2) is 20.2 Å². The zero-order valence-corrected chi connectivity index (χ0v) is 15.4. The van der Waals surface area contributed by atoms with E-state index in [0.717, 1.165) is 12.8 Å². The molecule has 0 heterocycles. The Bertz CT molecular complexity index is 802. The number of para-hydroxylation sites is 1. The highest BCUT2D eigenvalue weighted by Gasteiger charge is 2.42. The summed E-state index contributed by atoms with van der Waals surface area (Å²) < 4.78 is 27.2. The van der Waals surface area contributed by atoms with Gasteiger partial charge in [0.1, 0.15) is 4.90 Å². The Balaban J connectivity index is 2.04. The summed E-state index contributed by atoms with van der Waals surface area (Å²) >= 11 is 0. The fourth-order valence-corrected chi connectivity index (χ4v) is 3.82. The minimum absolute atomic E-state index is 0.0238. The summed E-state index contributed by atoms with van der Waals surface area (Å²) in [6.07, 6.45) is 6.70. The van der Waals surface area contributed by atoms with Gasteiger partial charge >= 0.3 is 0 Å². The number of sulfonamides is 1. The van der Waals surface area contributed by atoms with Crippen LogP contribution in [-0.2, 0) is 19.6 Å². The monoisotopic (exact) mass is 376 g/mol. The first-order chi connectivity index (χ1) is 12.4. The first-order valence-corrected chi connectivity index (χ1v) is 10.1. The average molecular weight is 376 g/mol. The lowest BCUT2D eigenvalue weighted by molar-refractivity contribution is -0.120. The smallest absolute Gasteiger partial charge is 0.266 e. The number of anilines is 1. The van der Waals surface area contributed by atoms with Gasteiger partial charge in [0.2, 0.25) is 11.8 Å².